The van der Waals surface area contributed by atoms with Gasteiger partial charge in [0.15, 0.2) is 0 Å². The first kappa shape index (κ1) is 10.7. The number of halogens is 1. The lowest BCUT2D eigenvalue weighted by atomic mass is 10.1. The lowest BCUT2D eigenvalue weighted by molar-refractivity contribution is 0.573. The number of piperidine rings is 1. The quantitative estimate of drug-likeness (QED) is 0.726. The molecule has 1 atom stereocenters. The van der Waals surface area contributed by atoms with E-state index in [0.29, 0.717) is 5.95 Å². The highest BCUT2D eigenvalue weighted by molar-refractivity contribution is 6.21. The first-order valence-corrected chi connectivity index (χ1v) is 6.25. The lowest BCUT2D eigenvalue weighted by Crippen LogP contribution is -2.37. The van der Waals surface area contributed by atoms with E-state index in [1.54, 1.807) is 0 Å². The Hall–Kier alpha value is -1.42. The smallest absolute Gasteiger partial charge is 0.245 e. The van der Waals surface area contributed by atoms with Gasteiger partial charge in [-0.15, -0.1) is 21.8 Å². The minimum absolute atomic E-state index is 0.193. The molecule has 0 bridgehead atoms. The van der Waals surface area contributed by atoms with Crippen LogP contribution in [0.2, 0.25) is 0 Å². The molecule has 4 nitrogen and oxygen atoms in total. The molecule has 1 unspecified atom stereocenters. The Bertz CT molecular complexity index is 531. The first-order chi connectivity index (χ1) is 8.33. The Morgan fingerprint density at radius 2 is 2.00 bits per heavy atom. The zero-order chi connectivity index (χ0) is 11.7. The van der Waals surface area contributed by atoms with Crippen LogP contribution in [-0.2, 0) is 0 Å². The summed E-state index contributed by atoms with van der Waals surface area (Å²) in [6.45, 7) is 1.77. The molecule has 1 aromatic carbocycles. The Morgan fingerprint density at radius 3 is 2.82 bits per heavy atom. The molecule has 17 heavy (non-hydrogen) atoms. The molecule has 88 valence electrons. The Kier molecular flexibility index (Phi) is 2.81. The molecule has 1 aromatic heterocycles. The second-order valence-electron chi connectivity index (χ2n) is 4.29. The molecule has 1 aliphatic heterocycles. The van der Waals surface area contributed by atoms with Gasteiger partial charge < -0.3 is 4.90 Å². The summed E-state index contributed by atoms with van der Waals surface area (Å²) in [5, 5.41) is 8.55. The summed E-state index contributed by atoms with van der Waals surface area (Å²) in [5.74, 6) is 0.689. The Balaban J connectivity index is 1.94. The van der Waals surface area contributed by atoms with Gasteiger partial charge in [-0.2, -0.15) is 0 Å². The minimum atomic E-state index is 0.193. The second kappa shape index (κ2) is 4.45. The van der Waals surface area contributed by atoms with Crippen molar-refractivity contribution in [3.63, 3.8) is 0 Å². The first-order valence-electron chi connectivity index (χ1n) is 5.81. The van der Waals surface area contributed by atoms with Crippen molar-refractivity contribution in [3.8, 4) is 0 Å². The highest BCUT2D eigenvalue weighted by Gasteiger charge is 2.20. The summed E-state index contributed by atoms with van der Waals surface area (Å²) in [5.41, 5.74) is 1.71. The van der Waals surface area contributed by atoms with Crippen LogP contribution in [0.15, 0.2) is 24.3 Å². The van der Waals surface area contributed by atoms with Gasteiger partial charge in [-0.25, -0.2) is 4.98 Å². The third-order valence-corrected chi connectivity index (χ3v) is 3.35. The summed E-state index contributed by atoms with van der Waals surface area (Å²) in [7, 11) is 0. The van der Waals surface area contributed by atoms with Crippen molar-refractivity contribution in [2.75, 3.05) is 18.0 Å². The number of alkyl halides is 1. The van der Waals surface area contributed by atoms with Crippen molar-refractivity contribution in [3.05, 3.63) is 24.3 Å². The molecule has 0 amide bonds. The molecule has 3 rings (SSSR count). The van der Waals surface area contributed by atoms with Gasteiger partial charge in [0.2, 0.25) is 5.95 Å². The number of nitrogens with zero attached hydrogens (tertiary/aromatic N) is 4. The fourth-order valence-electron chi connectivity index (χ4n) is 2.11. The monoisotopic (exact) mass is 248 g/mol. The van der Waals surface area contributed by atoms with Gasteiger partial charge in [-0.3, -0.25) is 0 Å². The topological polar surface area (TPSA) is 41.9 Å². The largest absolute Gasteiger partial charge is 0.338 e. The van der Waals surface area contributed by atoms with Crippen molar-refractivity contribution in [1.29, 1.82) is 0 Å². The predicted octanol–water partition coefficient (Wildman–Crippen LogP) is 2.23. The highest BCUT2D eigenvalue weighted by Crippen LogP contribution is 2.20. The van der Waals surface area contributed by atoms with E-state index in [1.165, 1.54) is 0 Å². The molecule has 1 saturated heterocycles. The van der Waals surface area contributed by atoms with Crippen molar-refractivity contribution >= 4 is 28.6 Å². The molecule has 2 heterocycles. The number of para-hydroxylation sites is 1. The SMILES string of the molecule is ClC1CCCN(c2nnc3ccccc3n2)C1. The van der Waals surface area contributed by atoms with Gasteiger partial charge in [0, 0.05) is 13.1 Å². The van der Waals surface area contributed by atoms with E-state index in [2.05, 4.69) is 20.1 Å². The van der Waals surface area contributed by atoms with Gasteiger partial charge in [0.1, 0.15) is 5.52 Å². The fraction of sp³-hybridized carbons (Fsp3) is 0.417. The van der Waals surface area contributed by atoms with E-state index in [-0.39, 0.29) is 5.38 Å². The van der Waals surface area contributed by atoms with Crippen LogP contribution in [0.25, 0.3) is 11.0 Å². The van der Waals surface area contributed by atoms with Crippen molar-refractivity contribution < 1.29 is 0 Å². The molecular formula is C12H13ClN4. The van der Waals surface area contributed by atoms with Crippen LogP contribution >= 0.6 is 11.6 Å². The van der Waals surface area contributed by atoms with Crippen LogP contribution < -0.4 is 4.90 Å². The average molecular weight is 249 g/mol. The number of benzene rings is 1. The number of aromatic nitrogens is 3. The Morgan fingerprint density at radius 1 is 1.18 bits per heavy atom. The maximum Gasteiger partial charge on any atom is 0.245 e. The molecule has 0 N–H and O–H groups in total. The fourth-order valence-corrected chi connectivity index (χ4v) is 2.43. The Labute approximate surface area is 105 Å². The normalized spacial score (nSPS) is 20.8. The van der Waals surface area contributed by atoms with E-state index in [4.69, 9.17) is 11.6 Å². The average Bonchev–Trinajstić information content (AvgIpc) is 2.38. The van der Waals surface area contributed by atoms with Crippen LogP contribution in [0.1, 0.15) is 12.8 Å². The molecule has 2 aromatic rings. The summed E-state index contributed by atoms with van der Waals surface area (Å²) in [6.07, 6.45) is 2.16. The van der Waals surface area contributed by atoms with Crippen LogP contribution in [0.5, 0.6) is 0 Å². The number of fused-ring (bicyclic) bond motifs is 1. The molecule has 1 fully saturated rings. The second-order valence-corrected chi connectivity index (χ2v) is 4.90. The minimum Gasteiger partial charge on any atom is -0.338 e. The molecular weight excluding hydrogens is 236 g/mol. The van der Waals surface area contributed by atoms with E-state index >= 15 is 0 Å². The van der Waals surface area contributed by atoms with Gasteiger partial charge in [-0.05, 0) is 25.0 Å². The van der Waals surface area contributed by atoms with Crippen LogP contribution in [0.4, 0.5) is 5.95 Å². The third-order valence-electron chi connectivity index (χ3n) is 3.00. The number of hydrogen-bond donors (Lipinski definition) is 0. The maximum atomic E-state index is 6.16. The van der Waals surface area contributed by atoms with Crippen molar-refractivity contribution in [2.45, 2.75) is 18.2 Å². The molecule has 1 aliphatic rings. The number of rotatable bonds is 1. The van der Waals surface area contributed by atoms with E-state index in [0.717, 1.165) is 37.0 Å². The molecule has 0 spiro atoms. The summed E-state index contributed by atoms with van der Waals surface area (Å²) in [6, 6.07) is 7.77. The molecule has 0 saturated carbocycles. The molecule has 0 radical (unpaired) electrons. The van der Waals surface area contributed by atoms with Crippen molar-refractivity contribution in [1.82, 2.24) is 15.2 Å². The van der Waals surface area contributed by atoms with Crippen molar-refractivity contribution in [2.24, 2.45) is 0 Å². The van der Waals surface area contributed by atoms with Crippen LogP contribution in [0, 0.1) is 0 Å². The van der Waals surface area contributed by atoms with E-state index in [9.17, 15) is 0 Å². The predicted molar refractivity (Wildman–Crippen MR) is 68.4 cm³/mol. The summed E-state index contributed by atoms with van der Waals surface area (Å²) in [4.78, 5) is 6.64. The van der Waals surface area contributed by atoms with Gasteiger partial charge in [-0.1, -0.05) is 12.1 Å². The van der Waals surface area contributed by atoms with E-state index in [1.807, 2.05) is 24.3 Å². The zero-order valence-electron chi connectivity index (χ0n) is 9.38. The zero-order valence-corrected chi connectivity index (χ0v) is 10.1. The van der Waals surface area contributed by atoms with Crippen LogP contribution in [0.3, 0.4) is 0 Å². The molecule has 5 heteroatoms. The standard InChI is InChI=1S/C12H13ClN4/c13-9-4-3-7-17(8-9)12-14-10-5-1-2-6-11(10)15-16-12/h1-2,5-6,9H,3-4,7-8H2. The van der Waals surface area contributed by atoms with Crippen LogP contribution in [-0.4, -0.2) is 33.6 Å². The van der Waals surface area contributed by atoms with Gasteiger partial charge >= 0.3 is 0 Å². The molecule has 0 aliphatic carbocycles. The number of anilines is 1. The summed E-state index contributed by atoms with van der Waals surface area (Å²) < 4.78 is 0. The lowest BCUT2D eigenvalue weighted by Gasteiger charge is -2.29. The third kappa shape index (κ3) is 2.17. The maximum absolute atomic E-state index is 6.16. The van der Waals surface area contributed by atoms with Gasteiger partial charge in [0.25, 0.3) is 0 Å². The van der Waals surface area contributed by atoms with E-state index < -0.39 is 0 Å². The highest BCUT2D eigenvalue weighted by atomic mass is 35.5. The van der Waals surface area contributed by atoms with Gasteiger partial charge in [0.05, 0.1) is 10.9 Å². The summed E-state index contributed by atoms with van der Waals surface area (Å²) >= 11 is 6.16. The number of hydrogen-bond acceptors (Lipinski definition) is 4.